The number of hydrogen-bond donors (Lipinski definition) is 2. The van der Waals surface area contributed by atoms with Crippen LogP contribution in [-0.4, -0.2) is 50.7 Å². The molecule has 8 nitrogen and oxygen atoms in total. The van der Waals surface area contributed by atoms with E-state index in [0.29, 0.717) is 37.3 Å². The van der Waals surface area contributed by atoms with Gasteiger partial charge in [-0.1, -0.05) is 26.0 Å². The van der Waals surface area contributed by atoms with Crippen molar-refractivity contribution in [3.8, 4) is 5.69 Å². The molecule has 2 aromatic rings. The van der Waals surface area contributed by atoms with Gasteiger partial charge >= 0.3 is 5.97 Å². The predicted molar refractivity (Wildman–Crippen MR) is 103 cm³/mol. The molecule has 2 N–H and O–H groups in total. The minimum absolute atomic E-state index is 0.0398. The number of nitrogens with zero attached hydrogens (tertiary/aromatic N) is 3. The van der Waals surface area contributed by atoms with Crippen molar-refractivity contribution in [2.24, 2.45) is 11.8 Å². The number of para-hydroxylation sites is 2. The molecule has 8 heteroatoms. The second-order valence-corrected chi connectivity index (χ2v) is 7.21. The Morgan fingerprint density at radius 2 is 1.82 bits per heavy atom. The van der Waals surface area contributed by atoms with Gasteiger partial charge in [0.05, 0.1) is 11.4 Å². The molecule has 0 saturated carbocycles. The summed E-state index contributed by atoms with van der Waals surface area (Å²) in [6.07, 6.45) is 2.79. The van der Waals surface area contributed by atoms with Crippen LogP contribution in [0.5, 0.6) is 0 Å². The summed E-state index contributed by atoms with van der Waals surface area (Å²) in [4.78, 5) is 37.7. The van der Waals surface area contributed by atoms with Gasteiger partial charge in [0.1, 0.15) is 0 Å². The van der Waals surface area contributed by atoms with E-state index in [-0.39, 0.29) is 29.3 Å². The first-order chi connectivity index (χ1) is 13.4. The lowest BCUT2D eigenvalue weighted by Gasteiger charge is -2.32. The molecule has 1 aromatic carbocycles. The zero-order valence-corrected chi connectivity index (χ0v) is 16.0. The smallest absolute Gasteiger partial charge is 0.356 e. The summed E-state index contributed by atoms with van der Waals surface area (Å²) in [7, 11) is 0. The van der Waals surface area contributed by atoms with Gasteiger partial charge in [-0.2, -0.15) is 5.10 Å². The number of carboxylic acids is 1. The maximum Gasteiger partial charge on any atom is 0.356 e. The summed E-state index contributed by atoms with van der Waals surface area (Å²) in [5.41, 5.74) is 1.09. The Bertz CT molecular complexity index is 882. The SMILES string of the molecule is CC(C)C(=O)N1CCC(C(=O)Nc2ccccc2-n2ccc(C(=O)O)n2)CC1. The van der Waals surface area contributed by atoms with Gasteiger partial charge in [-0.3, -0.25) is 9.59 Å². The van der Waals surface area contributed by atoms with Gasteiger partial charge in [0.2, 0.25) is 11.8 Å². The minimum atomic E-state index is -1.11. The Morgan fingerprint density at radius 3 is 2.43 bits per heavy atom. The van der Waals surface area contributed by atoms with Gasteiger partial charge < -0.3 is 15.3 Å². The summed E-state index contributed by atoms with van der Waals surface area (Å²) in [5, 5.41) is 16.0. The van der Waals surface area contributed by atoms with Crippen LogP contribution in [0.25, 0.3) is 5.69 Å². The average Bonchev–Trinajstić information content (AvgIpc) is 3.18. The fourth-order valence-corrected chi connectivity index (χ4v) is 3.31. The standard InChI is InChI=1S/C20H24N4O4/c1-13(2)19(26)23-10-7-14(8-11-23)18(25)21-15-5-3-4-6-17(15)24-12-9-16(22-24)20(27)28/h3-6,9,12-14H,7-8,10-11H2,1-2H3,(H,21,25)(H,27,28). The quantitative estimate of drug-likeness (QED) is 0.824. The molecule has 1 aromatic heterocycles. The van der Waals surface area contributed by atoms with Crippen LogP contribution in [0.2, 0.25) is 0 Å². The van der Waals surface area contributed by atoms with Crippen LogP contribution in [-0.2, 0) is 9.59 Å². The lowest BCUT2D eigenvalue weighted by atomic mass is 9.95. The molecule has 1 fully saturated rings. The number of anilines is 1. The topological polar surface area (TPSA) is 105 Å². The number of aromatic nitrogens is 2. The highest BCUT2D eigenvalue weighted by atomic mass is 16.4. The molecule has 0 unspecified atom stereocenters. The highest BCUT2D eigenvalue weighted by Crippen LogP contribution is 2.24. The van der Waals surface area contributed by atoms with Crippen molar-refractivity contribution in [3.63, 3.8) is 0 Å². The van der Waals surface area contributed by atoms with Crippen LogP contribution in [0.4, 0.5) is 5.69 Å². The first kappa shape index (κ1) is 19.6. The largest absolute Gasteiger partial charge is 0.476 e. The van der Waals surface area contributed by atoms with E-state index in [2.05, 4.69) is 10.4 Å². The summed E-state index contributed by atoms with van der Waals surface area (Å²) in [5.74, 6) is -1.30. The maximum absolute atomic E-state index is 12.7. The molecular weight excluding hydrogens is 360 g/mol. The van der Waals surface area contributed by atoms with E-state index >= 15 is 0 Å². The number of carbonyl (C=O) groups excluding carboxylic acids is 2. The Hall–Kier alpha value is -3.16. The van der Waals surface area contributed by atoms with Crippen molar-refractivity contribution in [2.45, 2.75) is 26.7 Å². The molecule has 0 radical (unpaired) electrons. The highest BCUT2D eigenvalue weighted by molar-refractivity contribution is 5.94. The molecular formula is C20H24N4O4. The van der Waals surface area contributed by atoms with Crippen LogP contribution in [0, 0.1) is 11.8 Å². The van der Waals surface area contributed by atoms with Gasteiger partial charge in [0.25, 0.3) is 0 Å². The molecule has 2 amide bonds. The van der Waals surface area contributed by atoms with E-state index in [1.54, 1.807) is 30.5 Å². The number of rotatable bonds is 5. The first-order valence-electron chi connectivity index (χ1n) is 9.35. The average molecular weight is 384 g/mol. The van der Waals surface area contributed by atoms with Crippen molar-refractivity contribution in [3.05, 3.63) is 42.2 Å². The fraction of sp³-hybridized carbons (Fsp3) is 0.400. The highest BCUT2D eigenvalue weighted by Gasteiger charge is 2.28. The third-order valence-electron chi connectivity index (χ3n) is 4.89. The van der Waals surface area contributed by atoms with E-state index in [1.165, 1.54) is 10.7 Å². The first-order valence-corrected chi connectivity index (χ1v) is 9.35. The van der Waals surface area contributed by atoms with E-state index in [9.17, 15) is 14.4 Å². The second-order valence-electron chi connectivity index (χ2n) is 7.21. The van der Waals surface area contributed by atoms with Gasteiger partial charge in [0, 0.05) is 31.1 Å². The zero-order chi connectivity index (χ0) is 20.3. The third-order valence-corrected chi connectivity index (χ3v) is 4.89. The number of carbonyl (C=O) groups is 3. The van der Waals surface area contributed by atoms with Crippen molar-refractivity contribution in [1.29, 1.82) is 0 Å². The van der Waals surface area contributed by atoms with Gasteiger partial charge in [-0.25, -0.2) is 9.48 Å². The normalized spacial score (nSPS) is 14.9. The second kappa shape index (κ2) is 8.24. The molecule has 1 aliphatic heterocycles. The van der Waals surface area contributed by atoms with Crippen LogP contribution >= 0.6 is 0 Å². The predicted octanol–water partition coefficient (Wildman–Crippen LogP) is 2.40. The lowest BCUT2D eigenvalue weighted by Crippen LogP contribution is -2.43. The molecule has 28 heavy (non-hydrogen) atoms. The number of piperidine rings is 1. The zero-order valence-electron chi connectivity index (χ0n) is 16.0. The van der Waals surface area contributed by atoms with E-state index < -0.39 is 5.97 Å². The number of benzene rings is 1. The van der Waals surface area contributed by atoms with E-state index in [1.807, 2.05) is 18.7 Å². The minimum Gasteiger partial charge on any atom is -0.476 e. The number of carboxylic acid groups (broad SMARTS) is 1. The monoisotopic (exact) mass is 384 g/mol. The van der Waals surface area contributed by atoms with Crippen LogP contribution in [0.1, 0.15) is 37.2 Å². The molecule has 1 saturated heterocycles. The Kier molecular flexibility index (Phi) is 5.77. The number of nitrogens with one attached hydrogen (secondary N) is 1. The summed E-state index contributed by atoms with van der Waals surface area (Å²) < 4.78 is 1.43. The molecule has 2 heterocycles. The van der Waals surface area contributed by atoms with Crippen molar-refractivity contribution in [2.75, 3.05) is 18.4 Å². The maximum atomic E-state index is 12.7. The van der Waals surface area contributed by atoms with Gasteiger partial charge in [0.15, 0.2) is 5.69 Å². The summed E-state index contributed by atoms with van der Waals surface area (Å²) in [6, 6.07) is 8.51. The summed E-state index contributed by atoms with van der Waals surface area (Å²) in [6.45, 7) is 4.92. The van der Waals surface area contributed by atoms with Crippen molar-refractivity contribution < 1.29 is 19.5 Å². The van der Waals surface area contributed by atoms with Gasteiger partial charge in [-0.15, -0.1) is 0 Å². The fourth-order valence-electron chi connectivity index (χ4n) is 3.31. The van der Waals surface area contributed by atoms with Gasteiger partial charge in [-0.05, 0) is 31.0 Å². The number of likely N-dealkylation sites (tertiary alicyclic amines) is 1. The number of hydrogen-bond acceptors (Lipinski definition) is 4. The van der Waals surface area contributed by atoms with Crippen LogP contribution in [0.3, 0.4) is 0 Å². The van der Waals surface area contributed by atoms with E-state index in [0.717, 1.165) is 0 Å². The molecule has 0 bridgehead atoms. The Morgan fingerprint density at radius 1 is 1.14 bits per heavy atom. The summed E-state index contributed by atoms with van der Waals surface area (Å²) >= 11 is 0. The van der Waals surface area contributed by atoms with E-state index in [4.69, 9.17) is 5.11 Å². The van der Waals surface area contributed by atoms with Crippen molar-refractivity contribution >= 4 is 23.5 Å². The molecule has 0 spiro atoms. The Balaban J connectivity index is 1.68. The molecule has 0 aliphatic carbocycles. The number of amides is 2. The van der Waals surface area contributed by atoms with Crippen LogP contribution in [0.15, 0.2) is 36.5 Å². The molecule has 3 rings (SSSR count). The van der Waals surface area contributed by atoms with Crippen LogP contribution < -0.4 is 5.32 Å². The molecule has 0 atom stereocenters. The van der Waals surface area contributed by atoms with Crippen molar-refractivity contribution in [1.82, 2.24) is 14.7 Å². The Labute approximate surface area is 163 Å². The number of aromatic carboxylic acids is 1. The third kappa shape index (κ3) is 4.21. The molecule has 148 valence electrons. The lowest BCUT2D eigenvalue weighted by molar-refractivity contribution is -0.137. The molecule has 1 aliphatic rings.